The molecule has 3 heteroatoms. The molecular weight excluding hydrogens is 190 g/mol. The van der Waals surface area contributed by atoms with Crippen LogP contribution in [0.1, 0.15) is 58.8 Å². The van der Waals surface area contributed by atoms with Crippen molar-refractivity contribution in [1.82, 2.24) is 0 Å². The summed E-state index contributed by atoms with van der Waals surface area (Å²) >= 11 is 0. The van der Waals surface area contributed by atoms with Gasteiger partial charge in [0, 0.05) is 6.42 Å². The van der Waals surface area contributed by atoms with Crippen molar-refractivity contribution in [3.63, 3.8) is 0 Å². The molecule has 0 aliphatic carbocycles. The Hall–Kier alpha value is -1.04. The molecule has 0 rings (SSSR count). The minimum absolute atomic E-state index is 0.250. The molecule has 0 aromatic rings. The fourth-order valence-electron chi connectivity index (χ4n) is 1.33. The summed E-state index contributed by atoms with van der Waals surface area (Å²) in [7, 11) is 0. The monoisotopic (exact) mass is 211 g/mol. The Morgan fingerprint density at radius 2 is 1.87 bits per heavy atom. The van der Waals surface area contributed by atoms with Gasteiger partial charge in [-0.15, -0.1) is 0 Å². The van der Waals surface area contributed by atoms with Gasteiger partial charge in [0.15, 0.2) is 6.10 Å². The average molecular weight is 211 g/mol. The molecule has 0 heterocycles. The Bertz CT molecular complexity index is 208. The van der Waals surface area contributed by atoms with Gasteiger partial charge in [-0.3, -0.25) is 4.79 Å². The van der Waals surface area contributed by atoms with Crippen LogP contribution in [-0.2, 0) is 9.53 Å². The van der Waals surface area contributed by atoms with Crippen LogP contribution in [0.15, 0.2) is 0 Å². The van der Waals surface area contributed by atoms with E-state index in [1.807, 2.05) is 6.07 Å². The third-order valence-corrected chi connectivity index (χ3v) is 2.22. The Morgan fingerprint density at radius 3 is 2.47 bits per heavy atom. The maximum atomic E-state index is 11.1. The topological polar surface area (TPSA) is 50.1 Å². The number of carbonyl (C=O) groups is 1. The maximum Gasteiger partial charge on any atom is 0.307 e. The lowest BCUT2D eigenvalue weighted by Crippen LogP contribution is -2.12. The number of nitriles is 1. The molecule has 0 saturated heterocycles. The van der Waals surface area contributed by atoms with Crippen molar-refractivity contribution in [2.75, 3.05) is 0 Å². The summed E-state index contributed by atoms with van der Waals surface area (Å²) in [5.74, 6) is -0.250. The second kappa shape index (κ2) is 9.51. The van der Waals surface area contributed by atoms with Gasteiger partial charge in [-0.25, -0.2) is 0 Å². The first-order valence-electron chi connectivity index (χ1n) is 5.79. The van der Waals surface area contributed by atoms with Crippen molar-refractivity contribution in [1.29, 1.82) is 5.26 Å². The van der Waals surface area contributed by atoms with E-state index in [9.17, 15) is 4.79 Å². The first-order chi connectivity index (χ1) is 7.20. The Kier molecular flexibility index (Phi) is 8.85. The number of hydrogen-bond acceptors (Lipinski definition) is 3. The van der Waals surface area contributed by atoms with E-state index in [1.54, 1.807) is 6.92 Å². The normalized spacial score (nSPS) is 11.8. The zero-order chi connectivity index (χ0) is 11.5. The molecule has 0 spiro atoms. The molecule has 15 heavy (non-hydrogen) atoms. The van der Waals surface area contributed by atoms with Gasteiger partial charge in [0.05, 0.1) is 0 Å². The lowest BCUT2D eigenvalue weighted by molar-refractivity contribution is -0.146. The van der Waals surface area contributed by atoms with E-state index in [-0.39, 0.29) is 5.97 Å². The Labute approximate surface area is 92.4 Å². The zero-order valence-electron chi connectivity index (χ0n) is 9.79. The Balaban J connectivity index is 3.28. The minimum Gasteiger partial charge on any atom is -0.447 e. The van der Waals surface area contributed by atoms with Gasteiger partial charge in [-0.2, -0.15) is 5.26 Å². The van der Waals surface area contributed by atoms with Crippen molar-refractivity contribution in [3.05, 3.63) is 0 Å². The van der Waals surface area contributed by atoms with Crippen LogP contribution < -0.4 is 0 Å². The molecule has 0 aromatic heterocycles. The highest BCUT2D eigenvalue weighted by Gasteiger charge is 2.07. The standard InChI is InChI=1S/C12H21NO2/c1-3-4-5-6-7-8-9-12(14)15-11(2)10-13/h11H,3-9H2,1-2H3/t11-/m0/s1. The highest BCUT2D eigenvalue weighted by Crippen LogP contribution is 2.07. The van der Waals surface area contributed by atoms with E-state index in [4.69, 9.17) is 10.00 Å². The number of rotatable bonds is 8. The quantitative estimate of drug-likeness (QED) is 0.457. The molecule has 0 bridgehead atoms. The molecule has 3 nitrogen and oxygen atoms in total. The second-order valence-corrected chi connectivity index (χ2v) is 3.78. The van der Waals surface area contributed by atoms with Gasteiger partial charge in [0.25, 0.3) is 0 Å². The van der Waals surface area contributed by atoms with Gasteiger partial charge in [0.1, 0.15) is 6.07 Å². The molecular formula is C12H21NO2. The molecule has 0 radical (unpaired) electrons. The van der Waals surface area contributed by atoms with Crippen LogP contribution in [-0.4, -0.2) is 12.1 Å². The number of esters is 1. The molecule has 0 amide bonds. The van der Waals surface area contributed by atoms with Gasteiger partial charge in [-0.1, -0.05) is 39.0 Å². The van der Waals surface area contributed by atoms with E-state index in [1.165, 1.54) is 25.7 Å². The Morgan fingerprint density at radius 1 is 1.27 bits per heavy atom. The molecule has 0 aromatic carbocycles. The number of ether oxygens (including phenoxy) is 1. The highest BCUT2D eigenvalue weighted by molar-refractivity contribution is 5.69. The fourth-order valence-corrected chi connectivity index (χ4v) is 1.33. The van der Waals surface area contributed by atoms with Gasteiger partial charge in [0.2, 0.25) is 0 Å². The van der Waals surface area contributed by atoms with Crippen LogP contribution in [0.3, 0.4) is 0 Å². The molecule has 0 N–H and O–H groups in total. The summed E-state index contributed by atoms with van der Waals surface area (Å²) in [5.41, 5.74) is 0. The third kappa shape index (κ3) is 9.27. The SMILES string of the molecule is CCCCCCCCC(=O)O[C@@H](C)C#N. The summed E-state index contributed by atoms with van der Waals surface area (Å²) in [6, 6.07) is 1.87. The van der Waals surface area contributed by atoms with Crippen molar-refractivity contribution in [3.8, 4) is 6.07 Å². The van der Waals surface area contributed by atoms with Gasteiger partial charge < -0.3 is 4.74 Å². The molecule has 0 unspecified atom stereocenters. The lowest BCUT2D eigenvalue weighted by Gasteiger charge is -2.05. The second-order valence-electron chi connectivity index (χ2n) is 3.78. The number of hydrogen-bond donors (Lipinski definition) is 0. The molecule has 0 saturated carbocycles. The smallest absolute Gasteiger partial charge is 0.307 e. The van der Waals surface area contributed by atoms with Crippen molar-refractivity contribution >= 4 is 5.97 Å². The molecule has 0 aliphatic heterocycles. The highest BCUT2D eigenvalue weighted by atomic mass is 16.5. The van der Waals surface area contributed by atoms with E-state index >= 15 is 0 Å². The van der Waals surface area contributed by atoms with Crippen molar-refractivity contribution in [2.24, 2.45) is 0 Å². The largest absolute Gasteiger partial charge is 0.447 e. The minimum atomic E-state index is -0.613. The first kappa shape index (κ1) is 14.0. The summed E-state index contributed by atoms with van der Waals surface area (Å²) < 4.78 is 4.83. The summed E-state index contributed by atoms with van der Waals surface area (Å²) in [6.07, 6.45) is 6.74. The average Bonchev–Trinajstić information content (AvgIpc) is 2.23. The van der Waals surface area contributed by atoms with Gasteiger partial charge >= 0.3 is 5.97 Å². The number of unbranched alkanes of at least 4 members (excludes halogenated alkanes) is 5. The number of nitrogens with zero attached hydrogens (tertiary/aromatic N) is 1. The fraction of sp³-hybridized carbons (Fsp3) is 0.833. The van der Waals surface area contributed by atoms with E-state index in [0.717, 1.165) is 12.8 Å². The molecule has 0 aliphatic rings. The first-order valence-corrected chi connectivity index (χ1v) is 5.79. The predicted octanol–water partition coefficient (Wildman–Crippen LogP) is 3.19. The number of carbonyl (C=O) groups excluding carboxylic acids is 1. The predicted molar refractivity (Wildman–Crippen MR) is 59.2 cm³/mol. The van der Waals surface area contributed by atoms with Crippen LogP contribution in [0.5, 0.6) is 0 Å². The molecule has 1 atom stereocenters. The third-order valence-electron chi connectivity index (χ3n) is 2.22. The summed E-state index contributed by atoms with van der Waals surface area (Å²) in [6.45, 7) is 3.76. The van der Waals surface area contributed by atoms with E-state index < -0.39 is 6.10 Å². The van der Waals surface area contributed by atoms with Crippen LogP contribution in [0, 0.1) is 11.3 Å². The van der Waals surface area contributed by atoms with Crippen LogP contribution in [0.2, 0.25) is 0 Å². The molecule has 0 fully saturated rings. The van der Waals surface area contributed by atoms with E-state index in [0.29, 0.717) is 6.42 Å². The van der Waals surface area contributed by atoms with Crippen LogP contribution >= 0.6 is 0 Å². The van der Waals surface area contributed by atoms with E-state index in [2.05, 4.69) is 6.92 Å². The van der Waals surface area contributed by atoms with Crippen molar-refractivity contribution < 1.29 is 9.53 Å². The van der Waals surface area contributed by atoms with Crippen molar-refractivity contribution in [2.45, 2.75) is 64.9 Å². The summed E-state index contributed by atoms with van der Waals surface area (Å²) in [4.78, 5) is 11.1. The lowest BCUT2D eigenvalue weighted by atomic mass is 10.1. The summed E-state index contributed by atoms with van der Waals surface area (Å²) in [5, 5.41) is 8.43. The van der Waals surface area contributed by atoms with Crippen LogP contribution in [0.25, 0.3) is 0 Å². The molecule has 86 valence electrons. The van der Waals surface area contributed by atoms with Crippen LogP contribution in [0.4, 0.5) is 0 Å². The maximum absolute atomic E-state index is 11.1. The zero-order valence-corrected chi connectivity index (χ0v) is 9.79. The van der Waals surface area contributed by atoms with Gasteiger partial charge in [-0.05, 0) is 13.3 Å².